The smallest absolute Gasteiger partial charge is 0.0667 e. The molecule has 3 heteroatoms. The van der Waals surface area contributed by atoms with Crippen LogP contribution in [0.5, 0.6) is 0 Å². The molecule has 1 aromatic rings. The van der Waals surface area contributed by atoms with Crippen LogP contribution in [-0.4, -0.2) is 37.9 Å². The Morgan fingerprint density at radius 3 is 2.67 bits per heavy atom. The van der Waals surface area contributed by atoms with Crippen molar-refractivity contribution in [1.82, 2.24) is 5.32 Å². The molecule has 1 saturated carbocycles. The molecule has 0 amide bonds. The molecule has 0 saturated heterocycles. The van der Waals surface area contributed by atoms with E-state index in [-0.39, 0.29) is 6.10 Å². The average Bonchev–Trinajstić information content (AvgIpc) is 3.00. The standard InChI is InChI=1S/C18H30N2O/c1-20(17-10-3-2-4-11-17)13-7-12-19-15-18(21)14-16-8-5-6-9-16/h2-4,10-11,16,18-19,21H,5-9,12-15H2,1H3. The third-order valence-corrected chi connectivity index (χ3v) is 4.50. The van der Waals surface area contributed by atoms with E-state index in [9.17, 15) is 5.11 Å². The minimum Gasteiger partial charge on any atom is -0.392 e. The second kappa shape index (κ2) is 9.06. The Bertz CT molecular complexity index is 376. The average molecular weight is 290 g/mol. The number of benzene rings is 1. The highest BCUT2D eigenvalue weighted by atomic mass is 16.3. The van der Waals surface area contributed by atoms with Crippen LogP contribution in [0.15, 0.2) is 30.3 Å². The zero-order valence-corrected chi connectivity index (χ0v) is 13.3. The lowest BCUT2D eigenvalue weighted by Gasteiger charge is -2.20. The number of rotatable bonds is 9. The first-order valence-corrected chi connectivity index (χ1v) is 8.40. The highest BCUT2D eigenvalue weighted by Crippen LogP contribution is 2.28. The molecule has 0 heterocycles. The highest BCUT2D eigenvalue weighted by Gasteiger charge is 2.18. The maximum Gasteiger partial charge on any atom is 0.0667 e. The molecule has 0 aromatic heterocycles. The summed E-state index contributed by atoms with van der Waals surface area (Å²) >= 11 is 0. The van der Waals surface area contributed by atoms with Crippen LogP contribution in [-0.2, 0) is 0 Å². The molecule has 1 fully saturated rings. The van der Waals surface area contributed by atoms with Crippen molar-refractivity contribution in [3.8, 4) is 0 Å². The number of para-hydroxylation sites is 1. The molecule has 118 valence electrons. The van der Waals surface area contributed by atoms with E-state index < -0.39 is 0 Å². The number of hydrogen-bond donors (Lipinski definition) is 2. The molecular formula is C18H30N2O. The Hall–Kier alpha value is -1.06. The van der Waals surface area contributed by atoms with E-state index >= 15 is 0 Å². The summed E-state index contributed by atoms with van der Waals surface area (Å²) in [6, 6.07) is 10.5. The second-order valence-corrected chi connectivity index (χ2v) is 6.35. The van der Waals surface area contributed by atoms with Crippen molar-refractivity contribution in [3.05, 3.63) is 30.3 Å². The Balaban J connectivity index is 1.51. The number of nitrogens with one attached hydrogen (secondary N) is 1. The molecule has 1 unspecified atom stereocenters. The van der Waals surface area contributed by atoms with E-state index in [0.29, 0.717) is 0 Å². The Morgan fingerprint density at radius 1 is 1.24 bits per heavy atom. The van der Waals surface area contributed by atoms with Gasteiger partial charge in [0, 0.05) is 25.8 Å². The van der Waals surface area contributed by atoms with Crippen LogP contribution < -0.4 is 10.2 Å². The maximum absolute atomic E-state index is 10.0. The van der Waals surface area contributed by atoms with Crippen molar-refractivity contribution in [3.63, 3.8) is 0 Å². The van der Waals surface area contributed by atoms with Gasteiger partial charge in [-0.2, -0.15) is 0 Å². The Kier molecular flexibility index (Phi) is 7.04. The summed E-state index contributed by atoms with van der Waals surface area (Å²) in [5.41, 5.74) is 1.26. The van der Waals surface area contributed by atoms with Crippen molar-refractivity contribution >= 4 is 5.69 Å². The maximum atomic E-state index is 10.0. The van der Waals surface area contributed by atoms with E-state index in [1.807, 2.05) is 6.07 Å². The first-order chi connectivity index (χ1) is 10.3. The topological polar surface area (TPSA) is 35.5 Å². The fourth-order valence-electron chi connectivity index (χ4n) is 3.24. The molecule has 0 spiro atoms. The minimum atomic E-state index is -0.167. The van der Waals surface area contributed by atoms with E-state index in [1.165, 1.54) is 31.4 Å². The largest absolute Gasteiger partial charge is 0.392 e. The predicted octanol–water partition coefficient (Wildman–Crippen LogP) is 3.04. The summed E-state index contributed by atoms with van der Waals surface area (Å²) in [4.78, 5) is 2.27. The van der Waals surface area contributed by atoms with E-state index in [4.69, 9.17) is 0 Å². The van der Waals surface area contributed by atoms with Gasteiger partial charge in [-0.1, -0.05) is 43.9 Å². The van der Waals surface area contributed by atoms with Crippen molar-refractivity contribution in [1.29, 1.82) is 0 Å². The van der Waals surface area contributed by atoms with Gasteiger partial charge in [0.2, 0.25) is 0 Å². The second-order valence-electron chi connectivity index (χ2n) is 6.35. The van der Waals surface area contributed by atoms with Gasteiger partial charge in [-0.3, -0.25) is 0 Å². The molecule has 21 heavy (non-hydrogen) atoms. The zero-order valence-electron chi connectivity index (χ0n) is 13.3. The predicted molar refractivity (Wildman–Crippen MR) is 89.8 cm³/mol. The van der Waals surface area contributed by atoms with Crippen LogP contribution in [0.4, 0.5) is 5.69 Å². The van der Waals surface area contributed by atoms with Crippen LogP contribution in [0.25, 0.3) is 0 Å². The molecule has 0 bridgehead atoms. The molecule has 3 nitrogen and oxygen atoms in total. The summed E-state index contributed by atoms with van der Waals surface area (Å²) in [5.74, 6) is 0.769. The molecule has 1 atom stereocenters. The first-order valence-electron chi connectivity index (χ1n) is 8.40. The molecule has 1 aromatic carbocycles. The van der Waals surface area contributed by atoms with Gasteiger partial charge in [0.15, 0.2) is 0 Å². The quantitative estimate of drug-likeness (QED) is 0.686. The summed E-state index contributed by atoms with van der Waals surface area (Å²) < 4.78 is 0. The number of aliphatic hydroxyl groups is 1. The van der Waals surface area contributed by atoms with Crippen LogP contribution in [0.3, 0.4) is 0 Å². The zero-order chi connectivity index (χ0) is 14.9. The van der Waals surface area contributed by atoms with E-state index in [0.717, 1.165) is 38.4 Å². The molecular weight excluding hydrogens is 260 g/mol. The lowest BCUT2D eigenvalue weighted by atomic mass is 10.0. The monoisotopic (exact) mass is 290 g/mol. The fourth-order valence-corrected chi connectivity index (χ4v) is 3.24. The van der Waals surface area contributed by atoms with Crippen LogP contribution in [0.2, 0.25) is 0 Å². The van der Waals surface area contributed by atoms with Gasteiger partial charge < -0.3 is 15.3 Å². The number of anilines is 1. The third kappa shape index (κ3) is 6.06. The number of nitrogens with zero attached hydrogens (tertiary/aromatic N) is 1. The van der Waals surface area contributed by atoms with Crippen molar-refractivity contribution in [2.75, 3.05) is 31.6 Å². The van der Waals surface area contributed by atoms with Gasteiger partial charge in [0.25, 0.3) is 0 Å². The first kappa shape index (κ1) is 16.3. The summed E-state index contributed by atoms with van der Waals surface area (Å²) in [6.45, 7) is 2.75. The SMILES string of the molecule is CN(CCCNCC(O)CC1CCCC1)c1ccccc1. The molecule has 1 aliphatic rings. The Labute approximate surface area is 129 Å². The summed E-state index contributed by atoms with van der Waals surface area (Å²) in [7, 11) is 2.13. The number of hydrogen-bond acceptors (Lipinski definition) is 3. The fraction of sp³-hybridized carbons (Fsp3) is 0.667. The van der Waals surface area contributed by atoms with Crippen molar-refractivity contribution < 1.29 is 5.11 Å². The lowest BCUT2D eigenvalue weighted by Crippen LogP contribution is -2.30. The van der Waals surface area contributed by atoms with Crippen LogP contribution in [0.1, 0.15) is 38.5 Å². The van der Waals surface area contributed by atoms with Gasteiger partial charge >= 0.3 is 0 Å². The molecule has 0 aliphatic heterocycles. The molecule has 1 aliphatic carbocycles. The summed E-state index contributed by atoms with van der Waals surface area (Å²) in [5, 5.41) is 13.4. The van der Waals surface area contributed by atoms with Gasteiger partial charge in [-0.05, 0) is 37.4 Å². The third-order valence-electron chi connectivity index (χ3n) is 4.50. The van der Waals surface area contributed by atoms with Gasteiger partial charge in [0.1, 0.15) is 0 Å². The lowest BCUT2D eigenvalue weighted by molar-refractivity contribution is 0.141. The van der Waals surface area contributed by atoms with Crippen LogP contribution >= 0.6 is 0 Å². The minimum absolute atomic E-state index is 0.167. The summed E-state index contributed by atoms with van der Waals surface area (Å²) in [6.07, 6.45) is 7.27. The number of aliphatic hydroxyl groups excluding tert-OH is 1. The van der Waals surface area contributed by atoms with Crippen molar-refractivity contribution in [2.45, 2.75) is 44.6 Å². The highest BCUT2D eigenvalue weighted by molar-refractivity contribution is 5.44. The van der Waals surface area contributed by atoms with Crippen LogP contribution in [0, 0.1) is 5.92 Å². The molecule has 0 radical (unpaired) electrons. The molecule has 2 rings (SSSR count). The van der Waals surface area contributed by atoms with Gasteiger partial charge in [0.05, 0.1) is 6.10 Å². The Morgan fingerprint density at radius 2 is 1.95 bits per heavy atom. The van der Waals surface area contributed by atoms with E-state index in [2.05, 4.69) is 41.5 Å². The molecule has 2 N–H and O–H groups in total. The van der Waals surface area contributed by atoms with Gasteiger partial charge in [-0.15, -0.1) is 0 Å². The van der Waals surface area contributed by atoms with E-state index in [1.54, 1.807) is 0 Å². The van der Waals surface area contributed by atoms with Crippen molar-refractivity contribution in [2.24, 2.45) is 5.92 Å². The normalized spacial score (nSPS) is 17.0. The van der Waals surface area contributed by atoms with Gasteiger partial charge in [-0.25, -0.2) is 0 Å².